The van der Waals surface area contributed by atoms with E-state index in [9.17, 15) is 5.11 Å². The van der Waals surface area contributed by atoms with Gasteiger partial charge in [0.25, 0.3) is 0 Å². The number of hydrogen-bond acceptors (Lipinski definition) is 1. The molecule has 0 fully saturated rings. The Balaban J connectivity index is 3.13. The number of hydrogen-bond donors (Lipinski definition) is 1. The maximum Gasteiger partial charge on any atom is 0.0787 e. The summed E-state index contributed by atoms with van der Waals surface area (Å²) in [6.07, 6.45) is 0.436. The minimum atomic E-state index is -0.328. The zero-order valence-corrected chi connectivity index (χ0v) is 9.85. The maximum absolute atomic E-state index is 9.65. The predicted octanol–water partition coefficient (Wildman–Crippen LogP) is 3.51. The largest absolute Gasteiger partial charge is 0.388 e. The van der Waals surface area contributed by atoms with Crippen LogP contribution in [0.3, 0.4) is 0 Å². The second-order valence-electron chi connectivity index (χ2n) is 3.39. The van der Waals surface area contributed by atoms with Gasteiger partial charge in [0, 0.05) is 4.47 Å². The van der Waals surface area contributed by atoms with Crippen LogP contribution in [-0.4, -0.2) is 5.11 Å². The summed E-state index contributed by atoms with van der Waals surface area (Å²) < 4.78 is 1.14. The third-order valence-electron chi connectivity index (χ3n) is 2.23. The van der Waals surface area contributed by atoms with Crippen molar-refractivity contribution in [2.24, 2.45) is 0 Å². The van der Waals surface area contributed by atoms with Crippen molar-refractivity contribution in [1.82, 2.24) is 0 Å². The maximum atomic E-state index is 9.65. The molecule has 0 heterocycles. The zero-order valence-electron chi connectivity index (χ0n) is 8.26. The van der Waals surface area contributed by atoms with Crippen LogP contribution in [0.2, 0.25) is 0 Å². The number of aryl methyl sites for hydroxylation is 2. The molecular weight excluding hydrogens is 228 g/mol. The van der Waals surface area contributed by atoms with Gasteiger partial charge in [-0.2, -0.15) is 0 Å². The van der Waals surface area contributed by atoms with Crippen molar-refractivity contribution >= 4 is 15.9 Å². The molecule has 0 aliphatic rings. The van der Waals surface area contributed by atoms with Crippen LogP contribution in [0.4, 0.5) is 0 Å². The lowest BCUT2D eigenvalue weighted by Gasteiger charge is -2.11. The molecule has 0 saturated carbocycles. The first-order valence-electron chi connectivity index (χ1n) is 4.51. The molecule has 0 spiro atoms. The first kappa shape index (κ1) is 10.7. The van der Waals surface area contributed by atoms with E-state index in [1.165, 1.54) is 11.1 Å². The lowest BCUT2D eigenvalue weighted by atomic mass is 10.0. The summed E-state index contributed by atoms with van der Waals surface area (Å²) in [5, 5.41) is 9.65. The first-order valence-corrected chi connectivity index (χ1v) is 5.30. The predicted molar refractivity (Wildman–Crippen MR) is 58.9 cm³/mol. The number of halogens is 1. The molecule has 0 amide bonds. The number of aliphatic hydroxyl groups excluding tert-OH is 1. The van der Waals surface area contributed by atoms with Gasteiger partial charge in [-0.15, -0.1) is 0 Å². The van der Waals surface area contributed by atoms with E-state index in [1.807, 2.05) is 32.9 Å². The first-order chi connectivity index (χ1) is 6.06. The van der Waals surface area contributed by atoms with Crippen molar-refractivity contribution in [3.05, 3.63) is 33.3 Å². The summed E-state index contributed by atoms with van der Waals surface area (Å²) in [5.74, 6) is 0. The Labute approximate surface area is 87.9 Å². The van der Waals surface area contributed by atoms with E-state index in [2.05, 4.69) is 15.9 Å². The molecule has 1 nitrogen and oxygen atoms in total. The number of rotatable bonds is 2. The Morgan fingerprint density at radius 1 is 1.31 bits per heavy atom. The highest BCUT2D eigenvalue weighted by atomic mass is 79.9. The van der Waals surface area contributed by atoms with Crippen molar-refractivity contribution in [3.8, 4) is 0 Å². The zero-order chi connectivity index (χ0) is 10.0. The lowest BCUT2D eigenvalue weighted by Crippen LogP contribution is -1.97. The van der Waals surface area contributed by atoms with Crippen LogP contribution < -0.4 is 0 Å². The van der Waals surface area contributed by atoms with Gasteiger partial charge in [-0.1, -0.05) is 35.0 Å². The van der Waals surface area contributed by atoms with E-state index >= 15 is 0 Å². The van der Waals surface area contributed by atoms with E-state index in [1.54, 1.807) is 0 Å². The van der Waals surface area contributed by atoms with Crippen molar-refractivity contribution in [2.75, 3.05) is 0 Å². The van der Waals surface area contributed by atoms with E-state index in [4.69, 9.17) is 0 Å². The fraction of sp³-hybridized carbons (Fsp3) is 0.455. The fourth-order valence-electron chi connectivity index (χ4n) is 1.41. The van der Waals surface area contributed by atoms with Crippen LogP contribution in [0.5, 0.6) is 0 Å². The molecule has 1 aromatic rings. The topological polar surface area (TPSA) is 20.2 Å². The summed E-state index contributed by atoms with van der Waals surface area (Å²) >= 11 is 3.50. The van der Waals surface area contributed by atoms with Gasteiger partial charge in [0.15, 0.2) is 0 Å². The van der Waals surface area contributed by atoms with E-state index < -0.39 is 0 Å². The van der Waals surface area contributed by atoms with Gasteiger partial charge >= 0.3 is 0 Å². The van der Waals surface area contributed by atoms with Crippen molar-refractivity contribution in [3.63, 3.8) is 0 Å². The van der Waals surface area contributed by atoms with Gasteiger partial charge in [-0.3, -0.25) is 0 Å². The molecule has 0 aromatic heterocycles. The van der Waals surface area contributed by atoms with Crippen molar-refractivity contribution < 1.29 is 5.11 Å². The summed E-state index contributed by atoms with van der Waals surface area (Å²) in [4.78, 5) is 0. The Morgan fingerprint density at radius 3 is 2.15 bits per heavy atom. The molecule has 1 N–H and O–H groups in total. The van der Waals surface area contributed by atoms with Crippen LogP contribution in [-0.2, 0) is 0 Å². The quantitative estimate of drug-likeness (QED) is 0.842. The highest BCUT2D eigenvalue weighted by Gasteiger charge is 2.08. The molecule has 1 rings (SSSR count). The van der Waals surface area contributed by atoms with Gasteiger partial charge in [0.1, 0.15) is 0 Å². The second kappa shape index (κ2) is 4.25. The van der Waals surface area contributed by atoms with Gasteiger partial charge in [0.05, 0.1) is 6.10 Å². The third kappa shape index (κ3) is 2.32. The molecule has 0 unspecified atom stereocenters. The minimum Gasteiger partial charge on any atom is -0.388 e. The lowest BCUT2D eigenvalue weighted by molar-refractivity contribution is 0.173. The SMILES string of the molecule is CC[C@@H](O)c1cc(C)c(Br)c(C)c1. The standard InChI is InChI=1S/C11H15BrO/c1-4-10(13)9-5-7(2)11(12)8(3)6-9/h5-6,10,13H,4H2,1-3H3/t10-/m1/s1. The normalized spacial score (nSPS) is 13.0. The van der Waals surface area contributed by atoms with E-state index in [0.29, 0.717) is 0 Å². The van der Waals surface area contributed by atoms with E-state index in [0.717, 1.165) is 16.5 Å². The van der Waals surface area contributed by atoms with Gasteiger partial charge in [-0.05, 0) is 37.0 Å². The van der Waals surface area contributed by atoms with Gasteiger partial charge < -0.3 is 5.11 Å². The van der Waals surface area contributed by atoms with Crippen LogP contribution in [0.25, 0.3) is 0 Å². The number of benzene rings is 1. The van der Waals surface area contributed by atoms with Crippen molar-refractivity contribution in [2.45, 2.75) is 33.3 Å². The fourth-order valence-corrected chi connectivity index (χ4v) is 1.64. The minimum absolute atomic E-state index is 0.328. The molecule has 2 heteroatoms. The smallest absolute Gasteiger partial charge is 0.0787 e. The molecule has 0 aliphatic carbocycles. The molecule has 0 saturated heterocycles. The monoisotopic (exact) mass is 242 g/mol. The Kier molecular flexibility index (Phi) is 3.51. The van der Waals surface area contributed by atoms with Gasteiger partial charge in [0.2, 0.25) is 0 Å². The third-order valence-corrected chi connectivity index (χ3v) is 3.48. The second-order valence-corrected chi connectivity index (χ2v) is 4.19. The average Bonchev–Trinajstić information content (AvgIpc) is 2.12. The molecule has 1 aromatic carbocycles. The highest BCUT2D eigenvalue weighted by molar-refractivity contribution is 9.10. The average molecular weight is 243 g/mol. The Morgan fingerprint density at radius 2 is 1.77 bits per heavy atom. The van der Waals surface area contributed by atoms with Crippen LogP contribution in [0, 0.1) is 13.8 Å². The van der Waals surface area contributed by atoms with Crippen molar-refractivity contribution in [1.29, 1.82) is 0 Å². The molecule has 72 valence electrons. The summed E-state index contributed by atoms with van der Waals surface area (Å²) in [6.45, 7) is 6.07. The van der Waals surface area contributed by atoms with E-state index in [-0.39, 0.29) is 6.10 Å². The summed E-state index contributed by atoms with van der Waals surface area (Å²) in [5.41, 5.74) is 3.38. The van der Waals surface area contributed by atoms with Crippen LogP contribution in [0.1, 0.15) is 36.1 Å². The Hall–Kier alpha value is -0.340. The summed E-state index contributed by atoms with van der Waals surface area (Å²) in [6, 6.07) is 4.07. The molecule has 0 bridgehead atoms. The van der Waals surface area contributed by atoms with Crippen LogP contribution >= 0.6 is 15.9 Å². The van der Waals surface area contributed by atoms with Gasteiger partial charge in [-0.25, -0.2) is 0 Å². The van der Waals surface area contributed by atoms with Crippen LogP contribution in [0.15, 0.2) is 16.6 Å². The Bertz CT molecular complexity index is 284. The molecule has 0 aliphatic heterocycles. The highest BCUT2D eigenvalue weighted by Crippen LogP contribution is 2.26. The molecule has 1 atom stereocenters. The molecular formula is C11H15BrO. The summed E-state index contributed by atoms with van der Waals surface area (Å²) in [7, 11) is 0. The number of aliphatic hydroxyl groups is 1. The molecule has 0 radical (unpaired) electrons. The molecule has 13 heavy (non-hydrogen) atoms.